The van der Waals surface area contributed by atoms with Crippen LogP contribution in [0.15, 0.2) is 24.3 Å². The Balaban J connectivity index is 2.47. The first kappa shape index (κ1) is 13.0. The van der Waals surface area contributed by atoms with Crippen LogP contribution in [0.2, 0.25) is 0 Å². The van der Waals surface area contributed by atoms with Gasteiger partial charge in [-0.15, -0.1) is 0 Å². The molecule has 5 heteroatoms. The number of benzene rings is 1. The van der Waals surface area contributed by atoms with Gasteiger partial charge in [-0.1, -0.05) is 12.1 Å². The van der Waals surface area contributed by atoms with Crippen LogP contribution in [0.5, 0.6) is 5.75 Å². The molecule has 0 spiro atoms. The molecule has 0 radical (unpaired) electrons. The average Bonchev–Trinajstić information content (AvgIpc) is 2.36. The summed E-state index contributed by atoms with van der Waals surface area (Å²) in [4.78, 5) is 22.3. The third kappa shape index (κ3) is 4.55. The summed E-state index contributed by atoms with van der Waals surface area (Å²) in [5.41, 5.74) is 0.826. The summed E-state index contributed by atoms with van der Waals surface area (Å²) >= 11 is 0. The van der Waals surface area contributed by atoms with E-state index >= 15 is 0 Å². The van der Waals surface area contributed by atoms with Crippen LogP contribution in [0.3, 0.4) is 0 Å². The summed E-state index contributed by atoms with van der Waals surface area (Å²) in [5, 5.41) is 2.47. The van der Waals surface area contributed by atoms with Gasteiger partial charge in [-0.05, 0) is 17.7 Å². The van der Waals surface area contributed by atoms with Crippen molar-refractivity contribution in [2.45, 2.75) is 6.42 Å². The topological polar surface area (TPSA) is 64.6 Å². The zero-order valence-corrected chi connectivity index (χ0v) is 9.86. The minimum absolute atomic E-state index is 0.112. The number of esters is 1. The van der Waals surface area contributed by atoms with E-state index in [1.807, 2.05) is 12.1 Å². The second kappa shape index (κ2) is 6.52. The Labute approximate surface area is 99.7 Å². The smallest absolute Gasteiger partial charge is 0.325 e. The van der Waals surface area contributed by atoms with Crippen LogP contribution < -0.4 is 10.1 Å². The predicted molar refractivity (Wildman–Crippen MR) is 61.7 cm³/mol. The first-order chi connectivity index (χ1) is 8.15. The number of hydrogen-bond acceptors (Lipinski definition) is 4. The van der Waals surface area contributed by atoms with Gasteiger partial charge in [-0.25, -0.2) is 0 Å². The van der Waals surface area contributed by atoms with Crippen LogP contribution in [0.1, 0.15) is 5.56 Å². The molecule has 1 aromatic rings. The fourth-order valence-corrected chi connectivity index (χ4v) is 1.27. The van der Waals surface area contributed by atoms with E-state index in [9.17, 15) is 9.59 Å². The van der Waals surface area contributed by atoms with Gasteiger partial charge >= 0.3 is 5.97 Å². The number of carbonyl (C=O) groups excluding carboxylic acids is 2. The zero-order valence-electron chi connectivity index (χ0n) is 9.86. The van der Waals surface area contributed by atoms with Crippen LogP contribution in [0.4, 0.5) is 0 Å². The lowest BCUT2D eigenvalue weighted by Gasteiger charge is -2.05. The minimum atomic E-state index is -0.469. The summed E-state index contributed by atoms with van der Waals surface area (Å²) in [6.07, 6.45) is 0.203. The van der Waals surface area contributed by atoms with Crippen molar-refractivity contribution in [3.05, 3.63) is 29.8 Å². The van der Waals surface area contributed by atoms with E-state index in [2.05, 4.69) is 10.1 Å². The fraction of sp³-hybridized carbons (Fsp3) is 0.333. The Morgan fingerprint density at radius 1 is 1.29 bits per heavy atom. The first-order valence-electron chi connectivity index (χ1n) is 5.12. The van der Waals surface area contributed by atoms with Crippen molar-refractivity contribution in [3.8, 4) is 5.75 Å². The molecule has 0 aromatic heterocycles. The summed E-state index contributed by atoms with van der Waals surface area (Å²) in [6.45, 7) is -0.112. The molecule has 0 atom stereocenters. The second-order valence-electron chi connectivity index (χ2n) is 3.38. The second-order valence-corrected chi connectivity index (χ2v) is 3.38. The third-order valence-electron chi connectivity index (χ3n) is 2.16. The molecule has 92 valence electrons. The van der Waals surface area contributed by atoms with Crippen molar-refractivity contribution in [2.24, 2.45) is 0 Å². The van der Waals surface area contributed by atoms with Crippen molar-refractivity contribution in [1.29, 1.82) is 0 Å². The van der Waals surface area contributed by atoms with E-state index in [4.69, 9.17) is 4.74 Å². The monoisotopic (exact) mass is 237 g/mol. The van der Waals surface area contributed by atoms with Crippen molar-refractivity contribution < 1.29 is 19.1 Å². The third-order valence-corrected chi connectivity index (χ3v) is 2.16. The highest BCUT2D eigenvalue weighted by molar-refractivity contribution is 5.83. The van der Waals surface area contributed by atoms with Gasteiger partial charge in [-0.2, -0.15) is 0 Å². The maximum Gasteiger partial charge on any atom is 0.325 e. The Morgan fingerprint density at radius 3 is 2.71 bits per heavy atom. The molecule has 1 amide bonds. The van der Waals surface area contributed by atoms with Gasteiger partial charge in [0.1, 0.15) is 12.3 Å². The van der Waals surface area contributed by atoms with Gasteiger partial charge in [0, 0.05) is 0 Å². The van der Waals surface area contributed by atoms with E-state index in [-0.39, 0.29) is 18.9 Å². The molecule has 0 heterocycles. The van der Waals surface area contributed by atoms with E-state index in [0.717, 1.165) is 5.56 Å². The first-order valence-corrected chi connectivity index (χ1v) is 5.12. The van der Waals surface area contributed by atoms with Crippen molar-refractivity contribution in [2.75, 3.05) is 20.8 Å². The molecule has 0 aliphatic rings. The Kier molecular flexibility index (Phi) is 5.00. The standard InChI is InChI=1S/C12H15NO4/c1-16-10-5-3-4-9(6-10)7-11(14)13-8-12(15)17-2/h3-6H,7-8H2,1-2H3,(H,13,14). The van der Waals surface area contributed by atoms with Gasteiger partial charge in [0.25, 0.3) is 0 Å². The molecular weight excluding hydrogens is 222 g/mol. The Morgan fingerprint density at radius 2 is 2.06 bits per heavy atom. The molecule has 0 aliphatic carbocycles. The molecule has 0 bridgehead atoms. The van der Waals surface area contributed by atoms with Crippen molar-refractivity contribution in [3.63, 3.8) is 0 Å². The maximum atomic E-state index is 11.5. The summed E-state index contributed by atoms with van der Waals surface area (Å²) in [6, 6.07) is 7.20. The Hall–Kier alpha value is -2.04. The lowest BCUT2D eigenvalue weighted by Crippen LogP contribution is -2.31. The van der Waals surface area contributed by atoms with Gasteiger partial charge < -0.3 is 14.8 Å². The highest BCUT2D eigenvalue weighted by Gasteiger charge is 2.06. The summed E-state index contributed by atoms with van der Waals surface area (Å²) < 4.78 is 9.46. The van der Waals surface area contributed by atoms with E-state index < -0.39 is 5.97 Å². The number of nitrogens with one attached hydrogen (secondary N) is 1. The molecule has 0 saturated heterocycles. The molecule has 1 aromatic carbocycles. The van der Waals surface area contributed by atoms with Crippen molar-refractivity contribution in [1.82, 2.24) is 5.32 Å². The highest BCUT2D eigenvalue weighted by atomic mass is 16.5. The number of rotatable bonds is 5. The van der Waals surface area contributed by atoms with Gasteiger partial charge in [0.05, 0.1) is 20.6 Å². The van der Waals surface area contributed by atoms with Crippen LogP contribution in [-0.4, -0.2) is 32.6 Å². The highest BCUT2D eigenvalue weighted by Crippen LogP contribution is 2.12. The normalized spacial score (nSPS) is 9.53. The van der Waals surface area contributed by atoms with E-state index in [0.29, 0.717) is 5.75 Å². The number of carbonyl (C=O) groups is 2. The van der Waals surface area contributed by atoms with Gasteiger partial charge in [0.2, 0.25) is 5.91 Å². The lowest BCUT2D eigenvalue weighted by atomic mass is 10.1. The molecule has 0 aliphatic heterocycles. The lowest BCUT2D eigenvalue weighted by molar-refractivity contribution is -0.141. The number of ether oxygens (including phenoxy) is 2. The SMILES string of the molecule is COC(=O)CNC(=O)Cc1cccc(OC)c1. The van der Waals surface area contributed by atoms with E-state index in [1.54, 1.807) is 19.2 Å². The molecule has 17 heavy (non-hydrogen) atoms. The van der Waals surface area contributed by atoms with Crippen molar-refractivity contribution >= 4 is 11.9 Å². The predicted octanol–water partition coefficient (Wildman–Crippen LogP) is 0.527. The average molecular weight is 237 g/mol. The van der Waals surface area contributed by atoms with Crippen LogP contribution in [0.25, 0.3) is 0 Å². The van der Waals surface area contributed by atoms with E-state index in [1.165, 1.54) is 7.11 Å². The van der Waals surface area contributed by atoms with Gasteiger partial charge in [0.15, 0.2) is 0 Å². The number of amides is 1. The molecule has 0 unspecified atom stereocenters. The van der Waals surface area contributed by atoms with Gasteiger partial charge in [-0.3, -0.25) is 9.59 Å². The largest absolute Gasteiger partial charge is 0.497 e. The number of methoxy groups -OCH3 is 2. The zero-order chi connectivity index (χ0) is 12.7. The Bertz CT molecular complexity index is 403. The summed E-state index contributed by atoms with van der Waals surface area (Å²) in [5.74, 6) is -0.00378. The molecule has 5 nitrogen and oxygen atoms in total. The molecule has 0 saturated carbocycles. The van der Waals surface area contributed by atoms with Crippen LogP contribution >= 0.6 is 0 Å². The molecule has 1 rings (SSSR count). The molecular formula is C12H15NO4. The maximum absolute atomic E-state index is 11.5. The molecule has 1 N–H and O–H groups in total. The van der Waals surface area contributed by atoms with Crippen LogP contribution in [0, 0.1) is 0 Å². The minimum Gasteiger partial charge on any atom is -0.497 e. The number of hydrogen-bond donors (Lipinski definition) is 1. The molecule has 0 fully saturated rings. The summed E-state index contributed by atoms with van der Waals surface area (Å²) in [7, 11) is 2.84. The van der Waals surface area contributed by atoms with Crippen LogP contribution in [-0.2, 0) is 20.7 Å². The quantitative estimate of drug-likeness (QED) is 0.758. The fourth-order valence-electron chi connectivity index (χ4n) is 1.27.